The number of para-hydroxylation sites is 1. The smallest absolute Gasteiger partial charge is 0.253 e. The zero-order chi connectivity index (χ0) is 14.6. The molecule has 4 fully saturated rings. The highest BCUT2D eigenvalue weighted by molar-refractivity contribution is 5.99. The van der Waals surface area contributed by atoms with Crippen molar-refractivity contribution in [1.29, 1.82) is 0 Å². The number of amides is 1. The Labute approximate surface area is 124 Å². The molecule has 3 N–H and O–H groups in total. The highest BCUT2D eigenvalue weighted by atomic mass is 19.1. The Morgan fingerprint density at radius 1 is 1.10 bits per heavy atom. The molecule has 112 valence electrons. The van der Waals surface area contributed by atoms with Crippen LogP contribution >= 0.6 is 0 Å². The summed E-state index contributed by atoms with van der Waals surface area (Å²) in [6.45, 7) is 0. The Morgan fingerprint density at radius 3 is 2.33 bits per heavy atom. The first kappa shape index (κ1) is 13.1. The average molecular weight is 288 g/mol. The molecule has 0 spiro atoms. The van der Waals surface area contributed by atoms with Crippen molar-refractivity contribution in [2.45, 2.75) is 38.1 Å². The van der Waals surface area contributed by atoms with Crippen molar-refractivity contribution in [2.75, 3.05) is 5.73 Å². The largest absolute Gasteiger partial charge is 0.396 e. The molecule has 0 aromatic heterocycles. The third-order valence-corrected chi connectivity index (χ3v) is 5.82. The minimum atomic E-state index is -0.521. The molecule has 4 aliphatic carbocycles. The fourth-order valence-corrected chi connectivity index (χ4v) is 5.13. The van der Waals surface area contributed by atoms with E-state index in [0.29, 0.717) is 11.8 Å². The van der Waals surface area contributed by atoms with Gasteiger partial charge in [-0.3, -0.25) is 4.79 Å². The van der Waals surface area contributed by atoms with E-state index in [1.54, 1.807) is 6.07 Å². The average Bonchev–Trinajstić information content (AvgIpc) is 2.45. The van der Waals surface area contributed by atoms with Gasteiger partial charge in [0.05, 0.1) is 11.3 Å². The van der Waals surface area contributed by atoms with Crippen LogP contribution in [0.15, 0.2) is 18.2 Å². The summed E-state index contributed by atoms with van der Waals surface area (Å²) in [6, 6.07) is 4.68. The fraction of sp³-hybridized carbons (Fsp3) is 0.588. The summed E-state index contributed by atoms with van der Waals surface area (Å²) in [5.41, 5.74) is 5.92. The van der Waals surface area contributed by atoms with Gasteiger partial charge in [-0.15, -0.1) is 0 Å². The van der Waals surface area contributed by atoms with E-state index in [0.717, 1.165) is 11.8 Å². The third-order valence-electron chi connectivity index (χ3n) is 5.82. The van der Waals surface area contributed by atoms with E-state index in [2.05, 4.69) is 5.32 Å². The maximum atomic E-state index is 13.5. The van der Waals surface area contributed by atoms with Crippen molar-refractivity contribution < 1.29 is 9.18 Å². The first-order chi connectivity index (χ1) is 10.1. The number of hydrogen-bond acceptors (Lipinski definition) is 2. The molecule has 0 radical (unpaired) electrons. The third kappa shape index (κ3) is 2.12. The molecule has 21 heavy (non-hydrogen) atoms. The van der Waals surface area contributed by atoms with E-state index in [9.17, 15) is 9.18 Å². The quantitative estimate of drug-likeness (QED) is 0.822. The van der Waals surface area contributed by atoms with Crippen LogP contribution in [0.2, 0.25) is 0 Å². The Kier molecular flexibility index (Phi) is 2.95. The van der Waals surface area contributed by atoms with E-state index < -0.39 is 5.82 Å². The number of benzene rings is 1. The highest BCUT2D eigenvalue weighted by Gasteiger charge is 2.48. The van der Waals surface area contributed by atoms with E-state index in [1.807, 2.05) is 0 Å². The Morgan fingerprint density at radius 2 is 1.71 bits per heavy atom. The predicted octanol–water partition coefficient (Wildman–Crippen LogP) is 2.96. The molecule has 4 aliphatic rings. The second kappa shape index (κ2) is 4.72. The molecule has 0 aliphatic heterocycles. The molecule has 4 heteroatoms. The Bertz CT molecular complexity index is 558. The van der Waals surface area contributed by atoms with Crippen LogP contribution in [-0.4, -0.2) is 11.9 Å². The number of carbonyl (C=O) groups excluding carboxylic acids is 1. The number of hydrogen-bond donors (Lipinski definition) is 2. The van der Waals surface area contributed by atoms with Gasteiger partial charge in [0.2, 0.25) is 0 Å². The van der Waals surface area contributed by atoms with E-state index >= 15 is 0 Å². The Balaban J connectivity index is 1.53. The lowest BCUT2D eigenvalue weighted by Gasteiger charge is -2.54. The lowest BCUT2D eigenvalue weighted by Crippen LogP contribution is -2.55. The first-order valence-electron chi connectivity index (χ1n) is 7.96. The zero-order valence-electron chi connectivity index (χ0n) is 12.0. The molecular formula is C17H21FN2O. The van der Waals surface area contributed by atoms with Gasteiger partial charge in [-0.05, 0) is 67.9 Å². The van der Waals surface area contributed by atoms with Gasteiger partial charge >= 0.3 is 0 Å². The van der Waals surface area contributed by atoms with Crippen LogP contribution in [0.1, 0.15) is 42.5 Å². The summed E-state index contributed by atoms with van der Waals surface area (Å²) in [5, 5.41) is 3.16. The molecule has 0 atom stereocenters. The zero-order valence-corrected chi connectivity index (χ0v) is 12.0. The van der Waals surface area contributed by atoms with Crippen LogP contribution in [0.25, 0.3) is 0 Å². The molecule has 0 unspecified atom stereocenters. The summed E-state index contributed by atoms with van der Waals surface area (Å²) >= 11 is 0. The summed E-state index contributed by atoms with van der Waals surface area (Å²) in [5.74, 6) is 2.23. The number of carbonyl (C=O) groups is 1. The van der Waals surface area contributed by atoms with Crippen LogP contribution in [0, 0.1) is 29.5 Å². The lowest BCUT2D eigenvalue weighted by atomic mass is 9.54. The second-order valence-corrected chi connectivity index (χ2v) is 7.13. The molecule has 5 rings (SSSR count). The van der Waals surface area contributed by atoms with Gasteiger partial charge < -0.3 is 11.1 Å². The predicted molar refractivity (Wildman–Crippen MR) is 79.1 cm³/mol. The lowest BCUT2D eigenvalue weighted by molar-refractivity contribution is -0.0119. The molecule has 1 aromatic carbocycles. The Hall–Kier alpha value is -1.58. The SMILES string of the molecule is Nc1c(F)cccc1C(=O)NC1C2CC3CC(C2)CC1C3. The van der Waals surface area contributed by atoms with Gasteiger partial charge in [-0.25, -0.2) is 4.39 Å². The molecule has 1 amide bonds. The van der Waals surface area contributed by atoms with Gasteiger partial charge in [0, 0.05) is 6.04 Å². The van der Waals surface area contributed by atoms with Gasteiger partial charge in [-0.1, -0.05) is 6.07 Å². The van der Waals surface area contributed by atoms with E-state index in [1.165, 1.54) is 44.2 Å². The highest BCUT2D eigenvalue weighted by Crippen LogP contribution is 2.53. The molecule has 0 saturated heterocycles. The van der Waals surface area contributed by atoms with Gasteiger partial charge in [0.25, 0.3) is 5.91 Å². The van der Waals surface area contributed by atoms with Crippen molar-refractivity contribution in [3.63, 3.8) is 0 Å². The van der Waals surface area contributed by atoms with Crippen molar-refractivity contribution in [2.24, 2.45) is 23.7 Å². The number of nitrogens with two attached hydrogens (primary N) is 1. The van der Waals surface area contributed by atoms with E-state index in [-0.39, 0.29) is 23.2 Å². The van der Waals surface area contributed by atoms with Crippen LogP contribution in [0.5, 0.6) is 0 Å². The maximum Gasteiger partial charge on any atom is 0.253 e. The maximum absolute atomic E-state index is 13.5. The fourth-order valence-electron chi connectivity index (χ4n) is 5.13. The van der Waals surface area contributed by atoms with Crippen LogP contribution < -0.4 is 11.1 Å². The van der Waals surface area contributed by atoms with Crippen molar-refractivity contribution in [1.82, 2.24) is 5.32 Å². The second-order valence-electron chi connectivity index (χ2n) is 7.13. The summed E-state index contributed by atoms with van der Waals surface area (Å²) in [6.07, 6.45) is 6.38. The van der Waals surface area contributed by atoms with Gasteiger partial charge in [-0.2, -0.15) is 0 Å². The standard InChI is InChI=1S/C17H21FN2O/c18-14-3-1-2-13(15(14)19)17(21)20-16-11-5-9-4-10(7-11)8-12(16)6-9/h1-3,9-12,16H,4-8,19H2,(H,20,21). The van der Waals surface area contributed by atoms with E-state index in [4.69, 9.17) is 5.73 Å². The number of rotatable bonds is 2. The molecular weight excluding hydrogens is 267 g/mol. The number of nitrogens with one attached hydrogen (secondary N) is 1. The van der Waals surface area contributed by atoms with Gasteiger partial charge in [0.1, 0.15) is 5.82 Å². The number of anilines is 1. The minimum absolute atomic E-state index is 0.0428. The van der Waals surface area contributed by atoms with Crippen molar-refractivity contribution >= 4 is 11.6 Å². The summed E-state index contributed by atoms with van der Waals surface area (Å²) in [7, 11) is 0. The van der Waals surface area contributed by atoms with Crippen LogP contribution in [0.4, 0.5) is 10.1 Å². The molecule has 0 heterocycles. The topological polar surface area (TPSA) is 55.1 Å². The number of halogens is 1. The molecule has 3 nitrogen and oxygen atoms in total. The van der Waals surface area contributed by atoms with Gasteiger partial charge in [0.15, 0.2) is 0 Å². The monoisotopic (exact) mass is 288 g/mol. The molecule has 4 bridgehead atoms. The van der Waals surface area contributed by atoms with Crippen molar-refractivity contribution in [3.8, 4) is 0 Å². The summed E-state index contributed by atoms with van der Waals surface area (Å²) < 4.78 is 13.5. The molecule has 1 aromatic rings. The first-order valence-corrected chi connectivity index (χ1v) is 7.96. The summed E-state index contributed by atoms with van der Waals surface area (Å²) in [4.78, 5) is 12.5. The molecule has 4 saturated carbocycles. The number of nitrogen functional groups attached to an aromatic ring is 1. The minimum Gasteiger partial charge on any atom is -0.396 e. The van der Waals surface area contributed by atoms with Crippen molar-refractivity contribution in [3.05, 3.63) is 29.6 Å². The van der Waals surface area contributed by atoms with Crippen LogP contribution in [-0.2, 0) is 0 Å². The normalized spacial score (nSPS) is 36.7. The van der Waals surface area contributed by atoms with Crippen LogP contribution in [0.3, 0.4) is 0 Å².